The van der Waals surface area contributed by atoms with Crippen molar-refractivity contribution in [1.82, 2.24) is 4.90 Å². The van der Waals surface area contributed by atoms with E-state index in [2.05, 4.69) is 24.3 Å². The van der Waals surface area contributed by atoms with Crippen LogP contribution in [0.25, 0.3) is 0 Å². The highest BCUT2D eigenvalue weighted by Gasteiger charge is 2.07. The summed E-state index contributed by atoms with van der Waals surface area (Å²) in [5, 5.41) is 0. The highest BCUT2D eigenvalue weighted by atomic mass is 15.1. The summed E-state index contributed by atoms with van der Waals surface area (Å²) in [6.07, 6.45) is 5.15. The molecule has 1 heteroatoms. The first-order valence-corrected chi connectivity index (χ1v) is 3.94. The zero-order chi connectivity index (χ0) is 7.40. The maximum atomic E-state index is 3.67. The second-order valence-electron chi connectivity index (χ2n) is 2.86. The van der Waals surface area contributed by atoms with Gasteiger partial charge in [0.15, 0.2) is 0 Å². The molecule has 0 saturated carbocycles. The largest absolute Gasteiger partial charge is 0.372 e. The number of allylic oxidation sites excluding steroid dienone is 1. The summed E-state index contributed by atoms with van der Waals surface area (Å²) in [5.74, 6) is 0. The second kappa shape index (κ2) is 3.48. The van der Waals surface area contributed by atoms with E-state index in [0.717, 1.165) is 0 Å². The van der Waals surface area contributed by atoms with Crippen LogP contribution in [0.4, 0.5) is 0 Å². The Morgan fingerprint density at radius 2 is 2.20 bits per heavy atom. The molecule has 0 aromatic rings. The Balaban J connectivity index is 2.60. The zero-order valence-electron chi connectivity index (χ0n) is 6.69. The highest BCUT2D eigenvalue weighted by Crippen LogP contribution is 2.16. The summed E-state index contributed by atoms with van der Waals surface area (Å²) in [6, 6.07) is 0. The van der Waals surface area contributed by atoms with Gasteiger partial charge in [0.1, 0.15) is 0 Å². The van der Waals surface area contributed by atoms with Gasteiger partial charge in [0, 0.05) is 13.6 Å². The van der Waals surface area contributed by atoms with Gasteiger partial charge >= 0.3 is 0 Å². The molecule has 0 unspecified atom stereocenters. The molecule has 0 atom stereocenters. The van der Waals surface area contributed by atoms with Crippen molar-refractivity contribution in [2.45, 2.75) is 25.7 Å². The first-order chi connectivity index (χ1) is 4.84. The smallest absolute Gasteiger partial charge is 0.0555 e. The second-order valence-corrected chi connectivity index (χ2v) is 2.86. The maximum absolute atomic E-state index is 3.67. The minimum atomic E-state index is 1.17. The van der Waals surface area contributed by atoms with Gasteiger partial charge < -0.3 is 4.90 Å². The molecule has 0 aromatic heterocycles. The Morgan fingerprint density at radius 1 is 1.40 bits per heavy atom. The number of likely N-dealkylation sites (tertiary alicyclic amines) is 1. The van der Waals surface area contributed by atoms with Gasteiger partial charge in [-0.05, 0) is 19.3 Å². The van der Waals surface area contributed by atoms with Crippen LogP contribution in [-0.4, -0.2) is 18.5 Å². The predicted molar refractivity (Wildman–Crippen MR) is 43.8 cm³/mol. The molecule has 56 valence electrons. The van der Waals surface area contributed by atoms with E-state index in [1.54, 1.807) is 0 Å². The van der Waals surface area contributed by atoms with Crippen molar-refractivity contribution >= 4 is 0 Å². The van der Waals surface area contributed by atoms with Crippen molar-refractivity contribution in [3.05, 3.63) is 18.0 Å². The molecule has 1 saturated heterocycles. The van der Waals surface area contributed by atoms with E-state index < -0.39 is 0 Å². The van der Waals surface area contributed by atoms with Gasteiger partial charge in [0.05, 0.1) is 5.70 Å². The van der Waals surface area contributed by atoms with Crippen LogP contribution >= 0.6 is 0 Å². The molecular formula is C9H15N. The fourth-order valence-electron chi connectivity index (χ4n) is 1.37. The van der Waals surface area contributed by atoms with Gasteiger partial charge in [-0.2, -0.15) is 0 Å². The van der Waals surface area contributed by atoms with Crippen molar-refractivity contribution in [2.24, 2.45) is 0 Å². The average Bonchev–Trinajstić information content (AvgIpc) is 2.13. The van der Waals surface area contributed by atoms with Crippen LogP contribution in [0.1, 0.15) is 25.7 Å². The van der Waals surface area contributed by atoms with Crippen molar-refractivity contribution in [3.63, 3.8) is 0 Å². The average molecular weight is 137 g/mol. The molecule has 1 nitrogen and oxygen atoms in total. The number of hydrogen-bond donors (Lipinski definition) is 0. The normalized spacial score (nSPS) is 20.1. The molecule has 0 N–H and O–H groups in total. The van der Waals surface area contributed by atoms with E-state index in [-0.39, 0.29) is 0 Å². The molecule has 1 aliphatic heterocycles. The third-order valence-corrected chi connectivity index (χ3v) is 2.07. The quantitative estimate of drug-likeness (QED) is 0.462. The van der Waals surface area contributed by atoms with Gasteiger partial charge in [-0.1, -0.05) is 13.0 Å². The van der Waals surface area contributed by atoms with E-state index in [0.29, 0.717) is 0 Å². The van der Waals surface area contributed by atoms with Crippen LogP contribution in [-0.2, 0) is 0 Å². The Kier molecular flexibility index (Phi) is 2.58. The molecule has 1 heterocycles. The Bertz CT molecular complexity index is 154. The first-order valence-electron chi connectivity index (χ1n) is 3.94. The van der Waals surface area contributed by atoms with Gasteiger partial charge in [-0.15, -0.1) is 5.73 Å². The molecule has 1 fully saturated rings. The third kappa shape index (κ3) is 1.65. The fourth-order valence-corrected chi connectivity index (χ4v) is 1.37. The van der Waals surface area contributed by atoms with E-state index in [9.17, 15) is 0 Å². The van der Waals surface area contributed by atoms with E-state index in [1.165, 1.54) is 37.9 Å². The third-order valence-electron chi connectivity index (χ3n) is 2.07. The zero-order valence-corrected chi connectivity index (χ0v) is 6.69. The molecule has 0 aromatic carbocycles. The minimum absolute atomic E-state index is 1.17. The summed E-state index contributed by atoms with van der Waals surface area (Å²) in [4.78, 5) is 2.26. The topological polar surface area (TPSA) is 3.24 Å². The Labute approximate surface area is 63.0 Å². The van der Waals surface area contributed by atoms with Crippen molar-refractivity contribution in [3.8, 4) is 0 Å². The molecule has 0 radical (unpaired) electrons. The lowest BCUT2D eigenvalue weighted by Gasteiger charge is -2.16. The number of nitrogens with zero attached hydrogens (tertiary/aromatic N) is 1. The Morgan fingerprint density at radius 3 is 2.90 bits per heavy atom. The van der Waals surface area contributed by atoms with Crippen molar-refractivity contribution < 1.29 is 0 Å². The molecule has 10 heavy (non-hydrogen) atoms. The fraction of sp³-hybridized carbons (Fsp3) is 0.667. The van der Waals surface area contributed by atoms with Crippen molar-refractivity contribution in [2.75, 3.05) is 13.6 Å². The Hall–Kier alpha value is -0.680. The molecular weight excluding hydrogens is 122 g/mol. The first kappa shape index (κ1) is 7.43. The molecule has 1 aliphatic rings. The van der Waals surface area contributed by atoms with Crippen LogP contribution in [0.2, 0.25) is 0 Å². The minimum Gasteiger partial charge on any atom is -0.372 e. The van der Waals surface area contributed by atoms with Gasteiger partial charge in [0.2, 0.25) is 0 Å². The summed E-state index contributed by atoms with van der Waals surface area (Å²) in [7, 11) is 2.12. The monoisotopic (exact) mass is 137 g/mol. The molecule has 0 amide bonds. The van der Waals surface area contributed by atoms with E-state index >= 15 is 0 Å². The lowest BCUT2D eigenvalue weighted by atomic mass is 10.2. The summed E-state index contributed by atoms with van der Waals surface area (Å²) >= 11 is 0. The van der Waals surface area contributed by atoms with Gasteiger partial charge in [0.25, 0.3) is 0 Å². The van der Waals surface area contributed by atoms with Crippen LogP contribution in [0, 0.1) is 0 Å². The predicted octanol–water partition coefficient (Wildman–Crippen LogP) is 2.16. The lowest BCUT2D eigenvalue weighted by Crippen LogP contribution is -2.16. The molecule has 0 aliphatic carbocycles. The molecule has 0 spiro atoms. The van der Waals surface area contributed by atoms with E-state index in [1.807, 2.05) is 0 Å². The number of hydrogen-bond acceptors (Lipinski definition) is 1. The standard InChI is InChI=1S/C9H15N/c1-3-9-7-5-4-6-8-10(9)2/h1,4-8H2,2H3. The molecule has 0 bridgehead atoms. The molecule has 1 rings (SSSR count). The summed E-state index contributed by atoms with van der Waals surface area (Å²) < 4.78 is 0. The summed E-state index contributed by atoms with van der Waals surface area (Å²) in [6.45, 7) is 4.85. The van der Waals surface area contributed by atoms with Crippen molar-refractivity contribution in [1.29, 1.82) is 0 Å². The van der Waals surface area contributed by atoms with Crippen LogP contribution in [0.5, 0.6) is 0 Å². The lowest BCUT2D eigenvalue weighted by molar-refractivity contribution is 0.418. The van der Waals surface area contributed by atoms with Crippen LogP contribution < -0.4 is 0 Å². The van der Waals surface area contributed by atoms with Gasteiger partial charge in [-0.3, -0.25) is 0 Å². The van der Waals surface area contributed by atoms with Crippen LogP contribution in [0.15, 0.2) is 18.0 Å². The van der Waals surface area contributed by atoms with Gasteiger partial charge in [-0.25, -0.2) is 0 Å². The van der Waals surface area contributed by atoms with Crippen LogP contribution in [0.3, 0.4) is 0 Å². The SMILES string of the molecule is C=C=C1CCCCCN1C. The highest BCUT2D eigenvalue weighted by molar-refractivity contribution is 4.98. The number of rotatable bonds is 0. The van der Waals surface area contributed by atoms with E-state index in [4.69, 9.17) is 0 Å². The maximum Gasteiger partial charge on any atom is 0.0555 e. The summed E-state index contributed by atoms with van der Waals surface area (Å²) in [5.41, 5.74) is 4.28.